The van der Waals surface area contributed by atoms with Crippen molar-refractivity contribution < 1.29 is 4.74 Å². The van der Waals surface area contributed by atoms with Crippen LogP contribution in [0.1, 0.15) is 19.8 Å². The van der Waals surface area contributed by atoms with E-state index in [0.29, 0.717) is 0 Å². The van der Waals surface area contributed by atoms with Crippen LogP contribution in [0.5, 0.6) is 5.75 Å². The van der Waals surface area contributed by atoms with Crippen LogP contribution in [0.4, 0.5) is 0 Å². The maximum atomic E-state index is 5.68. The van der Waals surface area contributed by atoms with Gasteiger partial charge in [-0.05, 0) is 29.0 Å². The minimum atomic E-state index is 0.718. The first kappa shape index (κ1) is 10.6. The van der Waals surface area contributed by atoms with E-state index in [4.69, 9.17) is 4.74 Å². The minimum Gasteiger partial charge on any atom is -0.491 e. The first-order valence-corrected chi connectivity index (χ1v) is 5.37. The van der Waals surface area contributed by atoms with Gasteiger partial charge in [-0.1, -0.05) is 25.5 Å². The quantitative estimate of drug-likeness (QED) is 0.718. The molecule has 16 heavy (non-hydrogen) atoms. The highest BCUT2D eigenvalue weighted by Gasteiger charge is 2.05. The number of para-hydroxylation sites is 2. The fraction of sp³-hybridized carbons (Fsp3) is 0.364. The molecule has 0 saturated heterocycles. The second-order valence-electron chi connectivity index (χ2n) is 3.42. The largest absolute Gasteiger partial charge is 0.491 e. The van der Waals surface area contributed by atoms with Crippen LogP contribution in [-0.2, 0) is 0 Å². The third-order valence-corrected chi connectivity index (χ3v) is 2.22. The van der Waals surface area contributed by atoms with Crippen LogP contribution in [0.3, 0.4) is 0 Å². The molecule has 0 aliphatic heterocycles. The second-order valence-corrected chi connectivity index (χ2v) is 3.42. The molecule has 0 bridgehead atoms. The van der Waals surface area contributed by atoms with E-state index in [-0.39, 0.29) is 0 Å². The van der Waals surface area contributed by atoms with Crippen molar-refractivity contribution in [3.05, 3.63) is 30.6 Å². The predicted octanol–water partition coefficient (Wildman–Crippen LogP) is 1.84. The van der Waals surface area contributed by atoms with Crippen LogP contribution in [0.2, 0.25) is 0 Å². The van der Waals surface area contributed by atoms with Gasteiger partial charge in [-0.3, -0.25) is 0 Å². The first-order chi connectivity index (χ1) is 7.92. The zero-order chi connectivity index (χ0) is 11.2. The molecule has 84 valence electrons. The summed E-state index contributed by atoms with van der Waals surface area (Å²) in [6.45, 7) is 2.85. The van der Waals surface area contributed by atoms with Crippen molar-refractivity contribution in [2.45, 2.75) is 19.8 Å². The Morgan fingerprint density at radius 1 is 1.31 bits per heavy atom. The molecule has 0 atom stereocenters. The first-order valence-electron chi connectivity index (χ1n) is 5.37. The maximum absolute atomic E-state index is 5.68. The van der Waals surface area contributed by atoms with Crippen LogP contribution < -0.4 is 4.74 Å². The second kappa shape index (κ2) is 5.25. The SMILES string of the molecule is CCCCOc1ccccc1-n1cnnn1. The van der Waals surface area contributed by atoms with Crippen LogP contribution in [0.15, 0.2) is 30.6 Å². The summed E-state index contributed by atoms with van der Waals surface area (Å²) in [5, 5.41) is 11.1. The Hall–Kier alpha value is -1.91. The molecular weight excluding hydrogens is 204 g/mol. The van der Waals surface area contributed by atoms with Crippen LogP contribution in [-0.4, -0.2) is 26.8 Å². The fourth-order valence-corrected chi connectivity index (χ4v) is 1.37. The topological polar surface area (TPSA) is 52.8 Å². The fourth-order valence-electron chi connectivity index (χ4n) is 1.37. The molecule has 0 aliphatic rings. The van der Waals surface area contributed by atoms with Gasteiger partial charge in [-0.25, -0.2) is 0 Å². The normalized spacial score (nSPS) is 10.3. The van der Waals surface area contributed by atoms with Gasteiger partial charge in [0.15, 0.2) is 0 Å². The van der Waals surface area contributed by atoms with Gasteiger partial charge in [0.1, 0.15) is 17.8 Å². The number of benzene rings is 1. The maximum Gasteiger partial charge on any atom is 0.145 e. The summed E-state index contributed by atoms with van der Waals surface area (Å²) in [5.41, 5.74) is 0.864. The Kier molecular flexibility index (Phi) is 3.48. The van der Waals surface area contributed by atoms with Crippen molar-refractivity contribution in [3.63, 3.8) is 0 Å². The number of ether oxygens (including phenoxy) is 1. The molecule has 2 rings (SSSR count). The number of hydrogen-bond donors (Lipinski definition) is 0. The Bertz CT molecular complexity index is 427. The molecular formula is C11H14N4O. The Balaban J connectivity index is 2.18. The molecule has 0 radical (unpaired) electrons. The highest BCUT2D eigenvalue weighted by molar-refractivity contribution is 5.45. The van der Waals surface area contributed by atoms with Crippen molar-refractivity contribution in [1.29, 1.82) is 0 Å². The zero-order valence-corrected chi connectivity index (χ0v) is 9.21. The standard InChI is InChI=1S/C11H14N4O/c1-2-3-8-16-11-7-5-4-6-10(11)15-9-12-13-14-15/h4-7,9H,2-3,8H2,1H3. The lowest BCUT2D eigenvalue weighted by Crippen LogP contribution is -2.02. The summed E-state index contributed by atoms with van der Waals surface area (Å²) in [5.74, 6) is 0.809. The number of nitrogens with zero attached hydrogens (tertiary/aromatic N) is 4. The van der Waals surface area contributed by atoms with Gasteiger partial charge >= 0.3 is 0 Å². The van der Waals surface area contributed by atoms with Crippen LogP contribution in [0, 0.1) is 0 Å². The number of hydrogen-bond acceptors (Lipinski definition) is 4. The molecule has 5 nitrogen and oxygen atoms in total. The van der Waals surface area contributed by atoms with Gasteiger partial charge in [0.25, 0.3) is 0 Å². The molecule has 5 heteroatoms. The van der Waals surface area contributed by atoms with Gasteiger partial charge in [0, 0.05) is 0 Å². The van der Waals surface area contributed by atoms with Crippen molar-refractivity contribution >= 4 is 0 Å². The van der Waals surface area contributed by atoms with E-state index in [0.717, 1.165) is 30.9 Å². The monoisotopic (exact) mass is 218 g/mol. The van der Waals surface area contributed by atoms with E-state index in [1.807, 2.05) is 24.3 Å². The lowest BCUT2D eigenvalue weighted by atomic mass is 10.3. The molecule has 2 aromatic rings. The molecule has 0 amide bonds. The predicted molar refractivity (Wildman–Crippen MR) is 59.6 cm³/mol. The van der Waals surface area contributed by atoms with E-state index < -0.39 is 0 Å². The molecule has 1 aromatic carbocycles. The summed E-state index contributed by atoms with van der Waals surface area (Å²) in [6.07, 6.45) is 3.72. The summed E-state index contributed by atoms with van der Waals surface area (Å²) >= 11 is 0. The van der Waals surface area contributed by atoms with Crippen molar-refractivity contribution in [1.82, 2.24) is 20.2 Å². The van der Waals surface area contributed by atoms with E-state index in [1.54, 1.807) is 11.0 Å². The van der Waals surface area contributed by atoms with E-state index in [1.165, 1.54) is 0 Å². The lowest BCUT2D eigenvalue weighted by molar-refractivity contribution is 0.308. The van der Waals surface area contributed by atoms with Crippen molar-refractivity contribution in [2.75, 3.05) is 6.61 Å². The van der Waals surface area contributed by atoms with E-state index >= 15 is 0 Å². The number of unbranched alkanes of at least 4 members (excludes halogenated alkanes) is 1. The zero-order valence-electron chi connectivity index (χ0n) is 9.21. The molecule has 1 aromatic heterocycles. The highest BCUT2D eigenvalue weighted by atomic mass is 16.5. The summed E-state index contributed by atoms with van der Waals surface area (Å²) < 4.78 is 7.28. The molecule has 0 aliphatic carbocycles. The van der Waals surface area contributed by atoms with Gasteiger partial charge < -0.3 is 4.74 Å². The molecule has 0 saturated carbocycles. The summed E-state index contributed by atoms with van der Waals surface area (Å²) in [7, 11) is 0. The van der Waals surface area contributed by atoms with Gasteiger partial charge in [0.2, 0.25) is 0 Å². The van der Waals surface area contributed by atoms with Gasteiger partial charge in [0.05, 0.1) is 6.61 Å². The Labute approximate surface area is 94.0 Å². The average molecular weight is 218 g/mol. The van der Waals surface area contributed by atoms with Crippen molar-refractivity contribution in [3.8, 4) is 11.4 Å². The molecule has 1 heterocycles. The highest BCUT2D eigenvalue weighted by Crippen LogP contribution is 2.21. The number of aromatic nitrogens is 4. The molecule has 0 N–H and O–H groups in total. The van der Waals surface area contributed by atoms with Crippen LogP contribution in [0.25, 0.3) is 5.69 Å². The molecule has 0 unspecified atom stereocenters. The number of rotatable bonds is 5. The summed E-state index contributed by atoms with van der Waals surface area (Å²) in [4.78, 5) is 0. The third kappa shape index (κ3) is 2.36. The molecule has 0 fully saturated rings. The van der Waals surface area contributed by atoms with Crippen LogP contribution >= 0.6 is 0 Å². The smallest absolute Gasteiger partial charge is 0.145 e. The van der Waals surface area contributed by atoms with E-state index in [9.17, 15) is 0 Å². The number of tetrazole rings is 1. The third-order valence-electron chi connectivity index (χ3n) is 2.22. The van der Waals surface area contributed by atoms with E-state index in [2.05, 4.69) is 22.4 Å². The lowest BCUT2D eigenvalue weighted by Gasteiger charge is -2.09. The van der Waals surface area contributed by atoms with Gasteiger partial charge in [-0.15, -0.1) is 5.10 Å². The Morgan fingerprint density at radius 2 is 2.19 bits per heavy atom. The van der Waals surface area contributed by atoms with Crippen molar-refractivity contribution in [2.24, 2.45) is 0 Å². The van der Waals surface area contributed by atoms with Gasteiger partial charge in [-0.2, -0.15) is 4.68 Å². The molecule has 0 spiro atoms. The average Bonchev–Trinajstić information content (AvgIpc) is 2.83. The minimum absolute atomic E-state index is 0.718. The Morgan fingerprint density at radius 3 is 2.94 bits per heavy atom. The summed E-state index contributed by atoms with van der Waals surface area (Å²) in [6, 6.07) is 7.73.